The number of rotatable bonds is 9. The monoisotopic (exact) mass is 408 g/mol. The fourth-order valence-corrected chi connectivity index (χ4v) is 3.17. The second kappa shape index (κ2) is 9.59. The molecule has 0 fully saturated rings. The molecule has 6 heteroatoms. The fraction of sp³-hybridized carbons (Fsp3) is 0.333. The molecule has 0 spiro atoms. The van der Waals surface area contributed by atoms with Gasteiger partial charge in [-0.15, -0.1) is 0 Å². The number of amides is 2. The van der Waals surface area contributed by atoms with Crippen LogP contribution in [0.25, 0.3) is 5.57 Å². The Morgan fingerprint density at radius 2 is 1.70 bits per heavy atom. The first kappa shape index (κ1) is 21.6. The Kier molecular flexibility index (Phi) is 6.90. The average molecular weight is 408 g/mol. The Hall–Kier alpha value is -3.12. The van der Waals surface area contributed by atoms with E-state index >= 15 is 0 Å². The smallest absolute Gasteiger partial charge is 0.278 e. The van der Waals surface area contributed by atoms with Crippen molar-refractivity contribution >= 4 is 23.1 Å². The molecule has 0 radical (unpaired) electrons. The SMILES string of the molecule is COCCN1C(=O)C(Nc2ccccc2C)=C(c2ccc(OCC(C)C)cc2)C1=O. The number of para-hydroxylation sites is 1. The van der Waals surface area contributed by atoms with Crippen LogP contribution in [0.5, 0.6) is 5.75 Å². The number of aryl methyl sites for hydroxylation is 1. The van der Waals surface area contributed by atoms with Gasteiger partial charge in [-0.2, -0.15) is 0 Å². The summed E-state index contributed by atoms with van der Waals surface area (Å²) in [6, 6.07) is 14.9. The van der Waals surface area contributed by atoms with Gasteiger partial charge in [0.1, 0.15) is 11.4 Å². The van der Waals surface area contributed by atoms with Crippen LogP contribution in [0.15, 0.2) is 54.2 Å². The Morgan fingerprint density at radius 3 is 2.33 bits per heavy atom. The maximum atomic E-state index is 13.1. The van der Waals surface area contributed by atoms with Crippen LogP contribution in [0.1, 0.15) is 25.0 Å². The van der Waals surface area contributed by atoms with E-state index in [-0.39, 0.29) is 30.7 Å². The van der Waals surface area contributed by atoms with Gasteiger partial charge in [-0.3, -0.25) is 14.5 Å². The summed E-state index contributed by atoms with van der Waals surface area (Å²) in [5.74, 6) is 0.467. The minimum Gasteiger partial charge on any atom is -0.493 e. The Morgan fingerprint density at radius 1 is 1.00 bits per heavy atom. The van der Waals surface area contributed by atoms with Gasteiger partial charge in [-0.25, -0.2) is 0 Å². The standard InChI is InChI=1S/C24H28N2O4/c1-16(2)15-30-19-11-9-18(10-12-19)21-22(25-20-8-6-5-7-17(20)3)24(28)26(23(21)27)13-14-29-4/h5-12,16,25H,13-15H2,1-4H3. The van der Waals surface area contributed by atoms with Crippen molar-refractivity contribution in [1.82, 2.24) is 4.90 Å². The molecule has 0 unspecified atom stereocenters. The maximum Gasteiger partial charge on any atom is 0.278 e. The van der Waals surface area contributed by atoms with Crippen LogP contribution in [0.2, 0.25) is 0 Å². The zero-order chi connectivity index (χ0) is 21.7. The van der Waals surface area contributed by atoms with Gasteiger partial charge < -0.3 is 14.8 Å². The number of hydrogen-bond donors (Lipinski definition) is 1. The van der Waals surface area contributed by atoms with E-state index in [0.29, 0.717) is 23.7 Å². The molecule has 0 atom stereocenters. The highest BCUT2D eigenvalue weighted by Crippen LogP contribution is 2.32. The third kappa shape index (κ3) is 4.71. The highest BCUT2D eigenvalue weighted by atomic mass is 16.5. The van der Waals surface area contributed by atoms with Crippen LogP contribution < -0.4 is 10.1 Å². The molecule has 0 saturated carbocycles. The van der Waals surface area contributed by atoms with E-state index in [0.717, 1.165) is 17.0 Å². The molecule has 3 rings (SSSR count). The number of hydrogen-bond acceptors (Lipinski definition) is 5. The van der Waals surface area contributed by atoms with E-state index in [1.807, 2.05) is 55.5 Å². The molecular formula is C24H28N2O4. The second-order valence-corrected chi connectivity index (χ2v) is 7.67. The van der Waals surface area contributed by atoms with E-state index in [1.54, 1.807) is 7.11 Å². The van der Waals surface area contributed by atoms with Crippen LogP contribution in [-0.2, 0) is 14.3 Å². The number of carbonyl (C=O) groups excluding carboxylic acids is 2. The Labute approximate surface area is 177 Å². The molecule has 2 amide bonds. The van der Waals surface area contributed by atoms with Crippen LogP contribution in [0.3, 0.4) is 0 Å². The third-order valence-corrected chi connectivity index (χ3v) is 4.82. The van der Waals surface area contributed by atoms with Crippen molar-refractivity contribution in [2.45, 2.75) is 20.8 Å². The number of imide groups is 1. The van der Waals surface area contributed by atoms with Crippen molar-refractivity contribution in [1.29, 1.82) is 0 Å². The van der Waals surface area contributed by atoms with Crippen molar-refractivity contribution in [2.24, 2.45) is 5.92 Å². The number of anilines is 1. The summed E-state index contributed by atoms with van der Waals surface area (Å²) >= 11 is 0. The lowest BCUT2D eigenvalue weighted by molar-refractivity contribution is -0.137. The number of ether oxygens (including phenoxy) is 2. The first-order valence-corrected chi connectivity index (χ1v) is 10.1. The van der Waals surface area contributed by atoms with Gasteiger partial charge in [0.25, 0.3) is 11.8 Å². The predicted octanol–water partition coefficient (Wildman–Crippen LogP) is 3.87. The molecule has 2 aromatic rings. The quantitative estimate of drug-likeness (QED) is 0.638. The van der Waals surface area contributed by atoms with Gasteiger partial charge in [0.15, 0.2) is 0 Å². The fourth-order valence-electron chi connectivity index (χ4n) is 3.17. The number of carbonyl (C=O) groups is 2. The molecule has 1 N–H and O–H groups in total. The molecule has 1 aliphatic heterocycles. The third-order valence-electron chi connectivity index (χ3n) is 4.82. The summed E-state index contributed by atoms with van der Waals surface area (Å²) in [4.78, 5) is 27.4. The van der Waals surface area contributed by atoms with Gasteiger partial charge in [0.2, 0.25) is 0 Å². The van der Waals surface area contributed by atoms with Crippen LogP contribution in [0.4, 0.5) is 5.69 Å². The first-order valence-electron chi connectivity index (χ1n) is 10.1. The Balaban J connectivity index is 1.96. The van der Waals surface area contributed by atoms with E-state index in [9.17, 15) is 9.59 Å². The van der Waals surface area contributed by atoms with Gasteiger partial charge in [-0.1, -0.05) is 44.2 Å². The number of nitrogens with zero attached hydrogens (tertiary/aromatic N) is 1. The molecule has 1 heterocycles. The number of methoxy groups -OCH3 is 1. The van der Waals surface area contributed by atoms with Crippen molar-refractivity contribution < 1.29 is 19.1 Å². The van der Waals surface area contributed by atoms with Crippen molar-refractivity contribution in [3.8, 4) is 5.75 Å². The minimum absolute atomic E-state index is 0.201. The number of nitrogens with one attached hydrogen (secondary N) is 1. The molecule has 1 aliphatic rings. The summed E-state index contributed by atoms with van der Waals surface area (Å²) in [6.45, 7) is 7.22. The molecule has 0 bridgehead atoms. The normalized spacial score (nSPS) is 14.1. The second-order valence-electron chi connectivity index (χ2n) is 7.67. The molecule has 2 aromatic carbocycles. The highest BCUT2D eigenvalue weighted by Gasteiger charge is 2.39. The van der Waals surface area contributed by atoms with E-state index in [1.165, 1.54) is 4.90 Å². The topological polar surface area (TPSA) is 67.9 Å². The predicted molar refractivity (Wildman–Crippen MR) is 117 cm³/mol. The van der Waals surface area contributed by atoms with E-state index in [4.69, 9.17) is 9.47 Å². The maximum absolute atomic E-state index is 13.1. The van der Waals surface area contributed by atoms with Gasteiger partial charge >= 0.3 is 0 Å². The summed E-state index contributed by atoms with van der Waals surface area (Å²) in [5, 5.41) is 3.19. The van der Waals surface area contributed by atoms with Crippen LogP contribution in [0, 0.1) is 12.8 Å². The van der Waals surface area contributed by atoms with Crippen LogP contribution >= 0.6 is 0 Å². The molecule has 0 aliphatic carbocycles. The zero-order valence-electron chi connectivity index (χ0n) is 17.9. The molecule has 30 heavy (non-hydrogen) atoms. The van der Waals surface area contributed by atoms with Crippen molar-refractivity contribution in [3.63, 3.8) is 0 Å². The molecule has 158 valence electrons. The van der Waals surface area contributed by atoms with Gasteiger partial charge in [0.05, 0.1) is 25.3 Å². The van der Waals surface area contributed by atoms with E-state index < -0.39 is 0 Å². The minimum atomic E-state index is -0.351. The lowest BCUT2D eigenvalue weighted by Crippen LogP contribution is -2.35. The van der Waals surface area contributed by atoms with Gasteiger partial charge in [-0.05, 0) is 42.2 Å². The van der Waals surface area contributed by atoms with Gasteiger partial charge in [0, 0.05) is 12.8 Å². The molecule has 6 nitrogen and oxygen atoms in total. The van der Waals surface area contributed by atoms with Crippen molar-refractivity contribution in [2.75, 3.05) is 32.2 Å². The average Bonchev–Trinajstić information content (AvgIpc) is 2.96. The molecule has 0 saturated heterocycles. The summed E-state index contributed by atoms with van der Waals surface area (Å²) in [7, 11) is 1.54. The molecular weight excluding hydrogens is 380 g/mol. The summed E-state index contributed by atoms with van der Waals surface area (Å²) in [5.41, 5.74) is 3.08. The highest BCUT2D eigenvalue weighted by molar-refractivity contribution is 6.36. The zero-order valence-corrected chi connectivity index (χ0v) is 17.9. The largest absolute Gasteiger partial charge is 0.493 e. The lowest BCUT2D eigenvalue weighted by Gasteiger charge is -2.15. The summed E-state index contributed by atoms with van der Waals surface area (Å²) in [6.07, 6.45) is 0. The lowest BCUT2D eigenvalue weighted by atomic mass is 10.0. The van der Waals surface area contributed by atoms with Crippen molar-refractivity contribution in [3.05, 3.63) is 65.4 Å². The number of benzene rings is 2. The Bertz CT molecular complexity index is 948. The van der Waals surface area contributed by atoms with E-state index in [2.05, 4.69) is 19.2 Å². The molecule has 0 aromatic heterocycles. The summed E-state index contributed by atoms with van der Waals surface area (Å²) < 4.78 is 10.8. The van der Waals surface area contributed by atoms with Crippen LogP contribution in [-0.4, -0.2) is 43.6 Å². The first-order chi connectivity index (χ1) is 14.4.